The number of hydrogen-bond acceptors (Lipinski definition) is 3. The lowest BCUT2D eigenvalue weighted by Crippen LogP contribution is -2.55. The third-order valence-corrected chi connectivity index (χ3v) is 6.22. The number of halogens is 2. The lowest BCUT2D eigenvalue weighted by molar-refractivity contribution is -0.146. The predicted octanol–water partition coefficient (Wildman–Crippen LogP) is 2.89. The average molecular weight is 371 g/mol. The van der Waals surface area contributed by atoms with Crippen LogP contribution in [0.1, 0.15) is 24.8 Å². The third-order valence-electron chi connectivity index (χ3n) is 5.48. The Labute approximate surface area is 151 Å². The van der Waals surface area contributed by atoms with Crippen LogP contribution in [0.2, 0.25) is 10.0 Å². The van der Waals surface area contributed by atoms with Crippen LogP contribution in [-0.4, -0.2) is 52.5 Å². The zero-order valence-electron chi connectivity index (χ0n) is 13.5. The van der Waals surface area contributed by atoms with Crippen LogP contribution >= 0.6 is 23.2 Å². The first-order valence-corrected chi connectivity index (χ1v) is 8.75. The molecule has 1 atom stereocenters. The van der Waals surface area contributed by atoms with Crippen LogP contribution < -0.4 is 0 Å². The summed E-state index contributed by atoms with van der Waals surface area (Å²) in [5, 5.41) is 10.6. The number of carboxylic acid groups (broad SMARTS) is 1. The van der Waals surface area contributed by atoms with Gasteiger partial charge >= 0.3 is 5.97 Å². The molecule has 5 nitrogen and oxygen atoms in total. The van der Waals surface area contributed by atoms with Gasteiger partial charge in [0.25, 0.3) is 0 Å². The van der Waals surface area contributed by atoms with Crippen molar-refractivity contribution in [2.45, 2.75) is 31.3 Å². The molecule has 0 aromatic heterocycles. The third kappa shape index (κ3) is 3.01. The maximum absolute atomic E-state index is 12.0. The number of carboxylic acids is 1. The molecule has 130 valence electrons. The maximum atomic E-state index is 12.0. The zero-order chi connectivity index (χ0) is 17.5. The van der Waals surface area contributed by atoms with Crippen LogP contribution in [0.3, 0.4) is 0 Å². The molecule has 0 aliphatic carbocycles. The van der Waals surface area contributed by atoms with E-state index in [0.29, 0.717) is 22.9 Å². The van der Waals surface area contributed by atoms with Gasteiger partial charge in [-0.3, -0.25) is 14.5 Å². The van der Waals surface area contributed by atoms with Gasteiger partial charge in [-0.25, -0.2) is 0 Å². The zero-order valence-corrected chi connectivity index (χ0v) is 15.0. The minimum Gasteiger partial charge on any atom is -0.481 e. The van der Waals surface area contributed by atoms with Gasteiger partial charge in [0.2, 0.25) is 5.91 Å². The lowest BCUT2D eigenvalue weighted by atomic mass is 9.77. The fourth-order valence-electron chi connectivity index (χ4n) is 3.98. The first kappa shape index (κ1) is 17.5. The molecule has 24 heavy (non-hydrogen) atoms. The summed E-state index contributed by atoms with van der Waals surface area (Å²) in [6.45, 7) is 2.24. The minimum absolute atomic E-state index is 0.0691. The van der Waals surface area contributed by atoms with E-state index in [1.54, 1.807) is 18.0 Å². The van der Waals surface area contributed by atoms with Gasteiger partial charge in [0.05, 0.1) is 21.5 Å². The summed E-state index contributed by atoms with van der Waals surface area (Å²) < 4.78 is 0. The van der Waals surface area contributed by atoms with E-state index in [4.69, 9.17) is 23.2 Å². The van der Waals surface area contributed by atoms with E-state index in [1.165, 1.54) is 0 Å². The van der Waals surface area contributed by atoms with E-state index in [0.717, 1.165) is 25.2 Å². The first-order chi connectivity index (χ1) is 11.3. The monoisotopic (exact) mass is 370 g/mol. The Bertz CT molecular complexity index is 672. The molecule has 1 aromatic rings. The lowest BCUT2D eigenvalue weighted by Gasteiger charge is -2.45. The molecule has 0 unspecified atom stereocenters. The topological polar surface area (TPSA) is 60.9 Å². The van der Waals surface area contributed by atoms with E-state index in [-0.39, 0.29) is 12.3 Å². The number of likely N-dealkylation sites (tertiary alicyclic amines) is 2. The van der Waals surface area contributed by atoms with Crippen LogP contribution in [0.5, 0.6) is 0 Å². The Morgan fingerprint density at radius 2 is 1.96 bits per heavy atom. The highest BCUT2D eigenvalue weighted by molar-refractivity contribution is 6.42. The molecule has 2 aliphatic rings. The Hall–Kier alpha value is -1.30. The summed E-state index contributed by atoms with van der Waals surface area (Å²) in [6.07, 6.45) is 1.46. The van der Waals surface area contributed by atoms with Gasteiger partial charge in [-0.2, -0.15) is 0 Å². The summed E-state index contributed by atoms with van der Waals surface area (Å²) in [5.74, 6) is -1.55. The van der Waals surface area contributed by atoms with E-state index < -0.39 is 17.4 Å². The summed E-state index contributed by atoms with van der Waals surface area (Å²) in [6, 6.07) is 5.60. The molecule has 2 aliphatic heterocycles. The maximum Gasteiger partial charge on any atom is 0.309 e. The molecular formula is C17H20Cl2N2O3. The number of amides is 1. The Kier molecular flexibility index (Phi) is 4.78. The van der Waals surface area contributed by atoms with Crippen molar-refractivity contribution in [3.8, 4) is 0 Å². The Balaban J connectivity index is 1.69. The van der Waals surface area contributed by atoms with E-state index >= 15 is 0 Å². The number of benzene rings is 1. The largest absolute Gasteiger partial charge is 0.481 e. The van der Waals surface area contributed by atoms with Crippen LogP contribution in [0.4, 0.5) is 0 Å². The number of piperidine rings is 1. The van der Waals surface area contributed by atoms with Crippen molar-refractivity contribution in [3.63, 3.8) is 0 Å². The molecule has 0 radical (unpaired) electrons. The normalized spacial score (nSPS) is 23.9. The van der Waals surface area contributed by atoms with Crippen molar-refractivity contribution in [2.24, 2.45) is 5.92 Å². The molecular weight excluding hydrogens is 351 g/mol. The number of carbonyl (C=O) groups excluding carboxylic acids is 1. The molecule has 1 N–H and O–H groups in total. The number of carbonyl (C=O) groups is 2. The highest BCUT2D eigenvalue weighted by atomic mass is 35.5. The highest BCUT2D eigenvalue weighted by Crippen LogP contribution is 2.43. The molecule has 1 aromatic carbocycles. The fourth-order valence-corrected chi connectivity index (χ4v) is 4.30. The van der Waals surface area contributed by atoms with Gasteiger partial charge in [0.1, 0.15) is 0 Å². The van der Waals surface area contributed by atoms with Crippen molar-refractivity contribution in [3.05, 3.63) is 33.8 Å². The fraction of sp³-hybridized carbons (Fsp3) is 0.529. The highest BCUT2D eigenvalue weighted by Gasteiger charge is 2.55. The minimum atomic E-state index is -0.870. The number of rotatable bonds is 3. The van der Waals surface area contributed by atoms with Crippen molar-refractivity contribution in [1.29, 1.82) is 0 Å². The van der Waals surface area contributed by atoms with E-state index in [9.17, 15) is 14.7 Å². The molecule has 3 rings (SSSR count). The van der Waals surface area contributed by atoms with Gasteiger partial charge in [0, 0.05) is 33.1 Å². The molecule has 2 fully saturated rings. The molecule has 7 heteroatoms. The van der Waals surface area contributed by atoms with Crippen molar-refractivity contribution >= 4 is 35.1 Å². The van der Waals surface area contributed by atoms with Gasteiger partial charge < -0.3 is 10.0 Å². The SMILES string of the molecule is CN1C(=O)C[C@@H](C(=O)O)C12CCN(Cc1ccc(Cl)c(Cl)c1)CC2. The van der Waals surface area contributed by atoms with Crippen molar-refractivity contribution < 1.29 is 14.7 Å². The standard InChI is InChI=1S/C17H20Cl2N2O3/c1-20-15(22)9-12(16(23)24)17(20)4-6-21(7-5-17)10-11-2-3-13(18)14(19)8-11/h2-3,8,12H,4-7,9-10H2,1H3,(H,23,24)/t12-/m0/s1. The van der Waals surface area contributed by atoms with Gasteiger partial charge in [-0.15, -0.1) is 0 Å². The van der Waals surface area contributed by atoms with Gasteiger partial charge in [-0.1, -0.05) is 29.3 Å². The molecule has 0 saturated carbocycles. The second kappa shape index (κ2) is 6.54. The Morgan fingerprint density at radius 1 is 1.29 bits per heavy atom. The number of hydrogen-bond donors (Lipinski definition) is 1. The molecule has 1 spiro atoms. The van der Waals surface area contributed by atoms with E-state index in [2.05, 4.69) is 4.90 Å². The van der Waals surface area contributed by atoms with Crippen LogP contribution in [0, 0.1) is 5.92 Å². The summed E-state index contributed by atoms with van der Waals surface area (Å²) >= 11 is 12.0. The molecule has 2 saturated heterocycles. The smallest absolute Gasteiger partial charge is 0.309 e. The van der Waals surface area contributed by atoms with Gasteiger partial charge in [-0.05, 0) is 30.5 Å². The van der Waals surface area contributed by atoms with Crippen molar-refractivity contribution in [1.82, 2.24) is 9.80 Å². The summed E-state index contributed by atoms with van der Waals surface area (Å²) in [4.78, 5) is 27.5. The number of nitrogens with zero attached hydrogens (tertiary/aromatic N) is 2. The second-order valence-electron chi connectivity index (χ2n) is 6.68. The number of aliphatic carboxylic acids is 1. The quantitative estimate of drug-likeness (QED) is 0.888. The molecule has 1 amide bonds. The second-order valence-corrected chi connectivity index (χ2v) is 7.49. The first-order valence-electron chi connectivity index (χ1n) is 7.99. The Morgan fingerprint density at radius 3 is 2.54 bits per heavy atom. The molecule has 0 bridgehead atoms. The predicted molar refractivity (Wildman–Crippen MR) is 92.2 cm³/mol. The van der Waals surface area contributed by atoms with E-state index in [1.807, 2.05) is 12.1 Å². The summed E-state index contributed by atoms with van der Waals surface area (Å²) in [7, 11) is 1.74. The van der Waals surface area contributed by atoms with Crippen LogP contribution in [0.15, 0.2) is 18.2 Å². The average Bonchev–Trinajstić information content (AvgIpc) is 2.79. The van der Waals surface area contributed by atoms with Crippen molar-refractivity contribution in [2.75, 3.05) is 20.1 Å². The summed E-state index contributed by atoms with van der Waals surface area (Å²) in [5.41, 5.74) is 0.530. The van der Waals surface area contributed by atoms with Gasteiger partial charge in [0.15, 0.2) is 0 Å². The van der Waals surface area contributed by atoms with Crippen LogP contribution in [0.25, 0.3) is 0 Å². The van der Waals surface area contributed by atoms with Crippen LogP contribution in [-0.2, 0) is 16.1 Å². The molecule has 2 heterocycles.